The molecule has 0 atom stereocenters. The van der Waals surface area contributed by atoms with Crippen molar-refractivity contribution < 1.29 is 0 Å². The van der Waals surface area contributed by atoms with Gasteiger partial charge < -0.3 is 10.6 Å². The van der Waals surface area contributed by atoms with Gasteiger partial charge in [0.2, 0.25) is 0 Å². The standard InChI is InChI=1S/C15H19N3/c1-3-12-4-6-14(7-5-12)18(2)15-10-13(11-16)8-9-17-15/h4-10H,3,11,16H2,1-2H3. The molecule has 0 spiro atoms. The average Bonchev–Trinajstić information content (AvgIpc) is 2.46. The van der Waals surface area contributed by atoms with E-state index in [1.54, 1.807) is 6.20 Å². The highest BCUT2D eigenvalue weighted by Crippen LogP contribution is 2.22. The highest BCUT2D eigenvalue weighted by atomic mass is 15.2. The molecule has 1 aromatic carbocycles. The molecule has 2 N–H and O–H groups in total. The van der Waals surface area contributed by atoms with Crippen LogP contribution in [0.2, 0.25) is 0 Å². The van der Waals surface area contributed by atoms with Gasteiger partial charge in [-0.25, -0.2) is 4.98 Å². The van der Waals surface area contributed by atoms with Gasteiger partial charge in [0.25, 0.3) is 0 Å². The molecule has 0 aliphatic heterocycles. The highest BCUT2D eigenvalue weighted by molar-refractivity contribution is 5.59. The highest BCUT2D eigenvalue weighted by Gasteiger charge is 2.05. The van der Waals surface area contributed by atoms with Crippen LogP contribution in [0.3, 0.4) is 0 Å². The third-order valence-corrected chi connectivity index (χ3v) is 3.12. The predicted octanol–water partition coefficient (Wildman–Crippen LogP) is 2.87. The summed E-state index contributed by atoms with van der Waals surface area (Å²) in [6.07, 6.45) is 2.86. The Kier molecular flexibility index (Phi) is 3.95. The van der Waals surface area contributed by atoms with Crippen molar-refractivity contribution in [3.63, 3.8) is 0 Å². The lowest BCUT2D eigenvalue weighted by atomic mass is 10.1. The monoisotopic (exact) mass is 241 g/mol. The summed E-state index contributed by atoms with van der Waals surface area (Å²) >= 11 is 0. The van der Waals surface area contributed by atoms with E-state index >= 15 is 0 Å². The van der Waals surface area contributed by atoms with Crippen LogP contribution in [0.15, 0.2) is 42.6 Å². The van der Waals surface area contributed by atoms with Crippen LogP contribution in [0, 0.1) is 0 Å². The Labute approximate surface area is 108 Å². The Morgan fingerprint density at radius 2 is 1.83 bits per heavy atom. The normalized spacial score (nSPS) is 10.4. The Morgan fingerprint density at radius 1 is 1.11 bits per heavy atom. The molecule has 0 unspecified atom stereocenters. The molecule has 3 nitrogen and oxygen atoms in total. The number of rotatable bonds is 4. The number of aryl methyl sites for hydroxylation is 1. The van der Waals surface area contributed by atoms with E-state index in [-0.39, 0.29) is 0 Å². The summed E-state index contributed by atoms with van der Waals surface area (Å²) in [7, 11) is 2.02. The molecular weight excluding hydrogens is 222 g/mol. The van der Waals surface area contributed by atoms with Gasteiger partial charge in [-0.1, -0.05) is 19.1 Å². The van der Waals surface area contributed by atoms with Crippen molar-refractivity contribution in [3.8, 4) is 0 Å². The zero-order valence-electron chi connectivity index (χ0n) is 10.9. The zero-order valence-corrected chi connectivity index (χ0v) is 10.9. The predicted molar refractivity (Wildman–Crippen MR) is 76.0 cm³/mol. The molecule has 2 aromatic rings. The van der Waals surface area contributed by atoms with E-state index in [9.17, 15) is 0 Å². The summed E-state index contributed by atoms with van der Waals surface area (Å²) in [6, 6.07) is 12.5. The minimum absolute atomic E-state index is 0.540. The summed E-state index contributed by atoms with van der Waals surface area (Å²) in [4.78, 5) is 6.44. The van der Waals surface area contributed by atoms with Gasteiger partial charge in [0.1, 0.15) is 5.82 Å². The molecule has 18 heavy (non-hydrogen) atoms. The third kappa shape index (κ3) is 2.68. The van der Waals surface area contributed by atoms with E-state index in [0.29, 0.717) is 6.54 Å². The van der Waals surface area contributed by atoms with Crippen LogP contribution in [0.25, 0.3) is 0 Å². The summed E-state index contributed by atoms with van der Waals surface area (Å²) < 4.78 is 0. The van der Waals surface area contributed by atoms with Gasteiger partial charge in [-0.05, 0) is 41.8 Å². The summed E-state index contributed by atoms with van der Waals surface area (Å²) in [5.41, 5.74) is 9.22. The lowest BCUT2D eigenvalue weighted by molar-refractivity contribution is 1.04. The molecule has 0 aliphatic rings. The first-order valence-corrected chi connectivity index (χ1v) is 6.22. The lowest BCUT2D eigenvalue weighted by Gasteiger charge is -2.19. The number of anilines is 2. The molecule has 0 bridgehead atoms. The maximum atomic E-state index is 5.65. The molecule has 1 heterocycles. The molecule has 1 aromatic heterocycles. The van der Waals surface area contributed by atoms with Gasteiger partial charge in [-0.3, -0.25) is 0 Å². The van der Waals surface area contributed by atoms with E-state index in [0.717, 1.165) is 23.5 Å². The first kappa shape index (κ1) is 12.6. The number of aromatic nitrogens is 1. The summed E-state index contributed by atoms with van der Waals surface area (Å²) in [5, 5.41) is 0. The second kappa shape index (κ2) is 5.65. The van der Waals surface area contributed by atoms with Gasteiger partial charge in [0, 0.05) is 25.5 Å². The lowest BCUT2D eigenvalue weighted by Crippen LogP contribution is -2.11. The van der Waals surface area contributed by atoms with Crippen LogP contribution in [-0.4, -0.2) is 12.0 Å². The van der Waals surface area contributed by atoms with Gasteiger partial charge in [-0.15, -0.1) is 0 Å². The van der Waals surface area contributed by atoms with E-state index in [1.165, 1.54) is 5.56 Å². The van der Waals surface area contributed by atoms with E-state index < -0.39 is 0 Å². The van der Waals surface area contributed by atoms with Crippen molar-refractivity contribution in [3.05, 3.63) is 53.7 Å². The van der Waals surface area contributed by atoms with Crippen LogP contribution < -0.4 is 10.6 Å². The van der Waals surface area contributed by atoms with Gasteiger partial charge in [-0.2, -0.15) is 0 Å². The van der Waals surface area contributed by atoms with Gasteiger partial charge >= 0.3 is 0 Å². The second-order valence-electron chi connectivity index (χ2n) is 4.31. The second-order valence-corrected chi connectivity index (χ2v) is 4.31. The van der Waals surface area contributed by atoms with E-state index in [2.05, 4.69) is 41.1 Å². The first-order valence-electron chi connectivity index (χ1n) is 6.22. The SMILES string of the molecule is CCc1ccc(N(C)c2cc(CN)ccn2)cc1. The van der Waals surface area contributed by atoms with Gasteiger partial charge in [0.15, 0.2) is 0 Å². The number of nitrogens with two attached hydrogens (primary N) is 1. The smallest absolute Gasteiger partial charge is 0.132 e. The largest absolute Gasteiger partial charge is 0.329 e. The van der Waals surface area contributed by atoms with Gasteiger partial charge in [0.05, 0.1) is 0 Å². The van der Waals surface area contributed by atoms with Crippen molar-refractivity contribution in [1.82, 2.24) is 4.98 Å². The summed E-state index contributed by atoms with van der Waals surface area (Å²) in [5.74, 6) is 0.919. The number of benzene rings is 1. The van der Waals surface area contributed by atoms with Crippen molar-refractivity contribution in [1.29, 1.82) is 0 Å². The molecule has 0 aliphatic carbocycles. The number of nitrogens with zero attached hydrogens (tertiary/aromatic N) is 2. The third-order valence-electron chi connectivity index (χ3n) is 3.12. The maximum absolute atomic E-state index is 5.65. The minimum atomic E-state index is 0.540. The topological polar surface area (TPSA) is 42.1 Å². The molecule has 3 heteroatoms. The van der Waals surface area contributed by atoms with Crippen molar-refractivity contribution >= 4 is 11.5 Å². The van der Waals surface area contributed by atoms with E-state index in [1.807, 2.05) is 19.2 Å². The van der Waals surface area contributed by atoms with Crippen LogP contribution in [-0.2, 0) is 13.0 Å². The average molecular weight is 241 g/mol. The Bertz CT molecular complexity index is 505. The molecule has 94 valence electrons. The molecule has 0 radical (unpaired) electrons. The molecule has 0 amide bonds. The van der Waals surface area contributed by atoms with Crippen LogP contribution in [0.4, 0.5) is 11.5 Å². The summed E-state index contributed by atoms with van der Waals surface area (Å²) in [6.45, 7) is 2.70. The van der Waals surface area contributed by atoms with Crippen LogP contribution in [0.5, 0.6) is 0 Å². The van der Waals surface area contributed by atoms with Crippen molar-refractivity contribution in [2.45, 2.75) is 19.9 Å². The number of hydrogen-bond donors (Lipinski definition) is 1. The molecular formula is C15H19N3. The maximum Gasteiger partial charge on any atom is 0.132 e. The van der Waals surface area contributed by atoms with E-state index in [4.69, 9.17) is 5.73 Å². The Hall–Kier alpha value is -1.87. The molecule has 0 fully saturated rings. The molecule has 0 saturated heterocycles. The quantitative estimate of drug-likeness (QED) is 0.895. The zero-order chi connectivity index (χ0) is 13.0. The minimum Gasteiger partial charge on any atom is -0.329 e. The number of pyridine rings is 1. The first-order chi connectivity index (χ1) is 8.74. The van der Waals surface area contributed by atoms with Crippen LogP contribution >= 0.6 is 0 Å². The van der Waals surface area contributed by atoms with Crippen LogP contribution in [0.1, 0.15) is 18.1 Å². The van der Waals surface area contributed by atoms with Crippen molar-refractivity contribution in [2.24, 2.45) is 5.73 Å². The molecule has 2 rings (SSSR count). The fourth-order valence-electron chi connectivity index (χ4n) is 1.86. The Morgan fingerprint density at radius 3 is 2.44 bits per heavy atom. The Balaban J connectivity index is 2.25. The fourth-order valence-corrected chi connectivity index (χ4v) is 1.86. The molecule has 0 saturated carbocycles. The number of hydrogen-bond acceptors (Lipinski definition) is 3. The fraction of sp³-hybridized carbons (Fsp3) is 0.267. The van der Waals surface area contributed by atoms with Crippen molar-refractivity contribution in [2.75, 3.05) is 11.9 Å².